The summed E-state index contributed by atoms with van der Waals surface area (Å²) in [5.41, 5.74) is 0. The Kier molecular flexibility index (Phi) is 9.25. The first-order chi connectivity index (χ1) is 14.6. The van der Waals surface area contributed by atoms with Crippen LogP contribution < -0.4 is 5.32 Å². The average molecular weight is 422 g/mol. The van der Waals surface area contributed by atoms with E-state index in [9.17, 15) is 4.79 Å². The zero-order valence-electron chi connectivity index (χ0n) is 19.4. The quantitative estimate of drug-likeness (QED) is 0.481. The molecule has 1 aliphatic carbocycles. The molecular weight excluding hydrogens is 378 g/mol. The summed E-state index contributed by atoms with van der Waals surface area (Å²) in [6.07, 6.45) is 9.05. The van der Waals surface area contributed by atoms with Gasteiger partial charge in [-0.05, 0) is 51.9 Å². The van der Waals surface area contributed by atoms with Gasteiger partial charge >= 0.3 is 0 Å². The lowest BCUT2D eigenvalue weighted by Gasteiger charge is -2.39. The molecule has 1 N–H and O–H groups in total. The molecule has 2 aliphatic heterocycles. The molecule has 0 aromatic heterocycles. The third-order valence-electron chi connectivity index (χ3n) is 7.17. The van der Waals surface area contributed by atoms with E-state index in [4.69, 9.17) is 4.74 Å². The van der Waals surface area contributed by atoms with Gasteiger partial charge in [0, 0.05) is 59.5 Å². The summed E-state index contributed by atoms with van der Waals surface area (Å²) in [5.74, 6) is 2.01. The van der Waals surface area contributed by atoms with Gasteiger partial charge in [0.1, 0.15) is 0 Å². The number of amides is 1. The van der Waals surface area contributed by atoms with Gasteiger partial charge in [-0.15, -0.1) is 0 Å². The summed E-state index contributed by atoms with van der Waals surface area (Å²) in [6.45, 7) is 11.4. The molecule has 7 heteroatoms. The Balaban J connectivity index is 1.41. The van der Waals surface area contributed by atoms with Crippen molar-refractivity contribution in [3.05, 3.63) is 0 Å². The van der Waals surface area contributed by atoms with Crippen LogP contribution >= 0.6 is 0 Å². The molecule has 2 heterocycles. The fourth-order valence-corrected chi connectivity index (χ4v) is 5.34. The summed E-state index contributed by atoms with van der Waals surface area (Å²) in [5, 5.41) is 3.57. The van der Waals surface area contributed by atoms with Crippen LogP contribution in [0.5, 0.6) is 0 Å². The molecule has 0 aromatic rings. The van der Waals surface area contributed by atoms with E-state index in [1.807, 2.05) is 11.9 Å². The van der Waals surface area contributed by atoms with Crippen LogP contribution in [0.2, 0.25) is 0 Å². The van der Waals surface area contributed by atoms with Crippen molar-refractivity contribution < 1.29 is 9.53 Å². The molecule has 1 amide bonds. The molecule has 2 unspecified atom stereocenters. The summed E-state index contributed by atoms with van der Waals surface area (Å²) in [7, 11) is 1.87. The van der Waals surface area contributed by atoms with Gasteiger partial charge in [-0.3, -0.25) is 14.7 Å². The number of ether oxygens (including phenoxy) is 1. The minimum absolute atomic E-state index is 0.0152. The zero-order chi connectivity index (χ0) is 21.3. The van der Waals surface area contributed by atoms with Crippen LogP contribution in [0, 0.1) is 5.92 Å². The van der Waals surface area contributed by atoms with Crippen molar-refractivity contribution in [1.82, 2.24) is 20.0 Å². The number of hydrogen-bond acceptors (Lipinski definition) is 4. The highest BCUT2D eigenvalue weighted by Crippen LogP contribution is 2.30. The van der Waals surface area contributed by atoms with Crippen LogP contribution in [0.1, 0.15) is 58.8 Å². The Morgan fingerprint density at radius 3 is 2.30 bits per heavy atom. The summed E-state index contributed by atoms with van der Waals surface area (Å²) in [4.78, 5) is 23.9. The second-order valence-corrected chi connectivity index (χ2v) is 9.03. The number of aliphatic imine (C=N–C) groups is 1. The number of likely N-dealkylation sites (tertiary alicyclic amines) is 1. The van der Waals surface area contributed by atoms with Gasteiger partial charge in [0.15, 0.2) is 5.96 Å². The second kappa shape index (κ2) is 11.9. The first-order valence-electron chi connectivity index (χ1n) is 12.2. The number of nitrogens with one attached hydrogen (secondary N) is 1. The molecule has 1 saturated carbocycles. The number of guanidine groups is 1. The largest absolute Gasteiger partial charge is 0.378 e. The third-order valence-corrected chi connectivity index (χ3v) is 7.17. The molecule has 2 saturated heterocycles. The SMILES string of the molecule is CCOC(CCNC(=NC)N1CCN(C(C)C(=O)N2CCCC2)CC1)C1CCCC1. The number of hydrogen-bond donors (Lipinski definition) is 1. The Morgan fingerprint density at radius 2 is 1.70 bits per heavy atom. The molecule has 3 fully saturated rings. The topological polar surface area (TPSA) is 60.4 Å². The first-order valence-corrected chi connectivity index (χ1v) is 12.2. The highest BCUT2D eigenvalue weighted by molar-refractivity contribution is 5.82. The van der Waals surface area contributed by atoms with E-state index < -0.39 is 0 Å². The van der Waals surface area contributed by atoms with E-state index in [0.717, 1.165) is 83.6 Å². The van der Waals surface area contributed by atoms with Gasteiger partial charge in [-0.25, -0.2) is 0 Å². The van der Waals surface area contributed by atoms with E-state index in [1.54, 1.807) is 0 Å². The normalized spacial score (nSPS) is 23.8. The number of carbonyl (C=O) groups excluding carboxylic acids is 1. The molecule has 0 radical (unpaired) electrons. The van der Waals surface area contributed by atoms with Crippen molar-refractivity contribution in [2.45, 2.75) is 70.9 Å². The van der Waals surface area contributed by atoms with E-state index >= 15 is 0 Å². The molecule has 2 atom stereocenters. The molecule has 3 aliphatic rings. The van der Waals surface area contributed by atoms with E-state index in [0.29, 0.717) is 12.0 Å². The van der Waals surface area contributed by atoms with Crippen molar-refractivity contribution in [3.8, 4) is 0 Å². The molecule has 30 heavy (non-hydrogen) atoms. The van der Waals surface area contributed by atoms with Crippen LogP contribution in [-0.4, -0.2) is 98.2 Å². The van der Waals surface area contributed by atoms with Gasteiger partial charge in [-0.1, -0.05) is 12.8 Å². The van der Waals surface area contributed by atoms with Crippen molar-refractivity contribution in [2.24, 2.45) is 10.9 Å². The van der Waals surface area contributed by atoms with Gasteiger partial charge < -0.3 is 19.9 Å². The second-order valence-electron chi connectivity index (χ2n) is 9.03. The molecule has 0 spiro atoms. The van der Waals surface area contributed by atoms with Gasteiger partial charge in [0.25, 0.3) is 0 Å². The maximum Gasteiger partial charge on any atom is 0.239 e. The lowest BCUT2D eigenvalue weighted by molar-refractivity contribution is -0.135. The Labute approximate surface area is 183 Å². The fraction of sp³-hybridized carbons (Fsp3) is 0.913. The standard InChI is InChI=1S/C23H43N5O2/c1-4-30-21(20-9-5-6-10-20)11-12-25-23(24-3)28-17-15-26(16-18-28)19(2)22(29)27-13-7-8-14-27/h19-21H,4-18H2,1-3H3,(H,24,25). The molecule has 172 valence electrons. The van der Waals surface area contributed by atoms with Crippen LogP contribution in [0.25, 0.3) is 0 Å². The minimum atomic E-state index is -0.0152. The van der Waals surface area contributed by atoms with E-state index in [2.05, 4.69) is 34.0 Å². The number of piperazine rings is 1. The Hall–Kier alpha value is -1.34. The van der Waals surface area contributed by atoms with Gasteiger partial charge in [0.05, 0.1) is 12.1 Å². The molecule has 7 nitrogen and oxygen atoms in total. The van der Waals surface area contributed by atoms with Crippen LogP contribution in [0.15, 0.2) is 4.99 Å². The molecule has 0 bridgehead atoms. The van der Waals surface area contributed by atoms with Gasteiger partial charge in [-0.2, -0.15) is 0 Å². The van der Waals surface area contributed by atoms with E-state index in [-0.39, 0.29) is 6.04 Å². The minimum Gasteiger partial charge on any atom is -0.378 e. The lowest BCUT2D eigenvalue weighted by Crippen LogP contribution is -2.57. The van der Waals surface area contributed by atoms with E-state index in [1.165, 1.54) is 25.7 Å². The van der Waals surface area contributed by atoms with Crippen molar-refractivity contribution in [2.75, 3.05) is 59.5 Å². The number of carbonyl (C=O) groups is 1. The summed E-state index contributed by atoms with van der Waals surface area (Å²) >= 11 is 0. The first kappa shape index (κ1) is 23.3. The van der Waals surface area contributed by atoms with Crippen molar-refractivity contribution in [3.63, 3.8) is 0 Å². The number of rotatable bonds is 8. The van der Waals surface area contributed by atoms with Crippen molar-refractivity contribution >= 4 is 11.9 Å². The maximum atomic E-state index is 12.7. The van der Waals surface area contributed by atoms with Crippen LogP contribution in [-0.2, 0) is 9.53 Å². The number of nitrogens with zero attached hydrogens (tertiary/aromatic N) is 4. The molecule has 0 aromatic carbocycles. The third kappa shape index (κ3) is 6.10. The zero-order valence-corrected chi connectivity index (χ0v) is 19.4. The highest BCUT2D eigenvalue weighted by atomic mass is 16.5. The van der Waals surface area contributed by atoms with Gasteiger partial charge in [0.2, 0.25) is 5.91 Å². The lowest BCUT2D eigenvalue weighted by atomic mass is 9.98. The smallest absolute Gasteiger partial charge is 0.239 e. The Bertz CT molecular complexity index is 550. The highest BCUT2D eigenvalue weighted by Gasteiger charge is 2.31. The molecular formula is C23H43N5O2. The average Bonchev–Trinajstić information content (AvgIpc) is 3.49. The van der Waals surface area contributed by atoms with Crippen LogP contribution in [0.4, 0.5) is 0 Å². The summed E-state index contributed by atoms with van der Waals surface area (Å²) in [6, 6.07) is -0.0152. The predicted octanol–water partition coefficient (Wildman–Crippen LogP) is 2.18. The van der Waals surface area contributed by atoms with Crippen molar-refractivity contribution in [1.29, 1.82) is 0 Å². The Morgan fingerprint density at radius 1 is 1.03 bits per heavy atom. The maximum absolute atomic E-state index is 12.7. The monoisotopic (exact) mass is 421 g/mol. The summed E-state index contributed by atoms with van der Waals surface area (Å²) < 4.78 is 6.06. The fourth-order valence-electron chi connectivity index (χ4n) is 5.34. The predicted molar refractivity (Wildman–Crippen MR) is 122 cm³/mol. The van der Waals surface area contributed by atoms with Crippen LogP contribution in [0.3, 0.4) is 0 Å². The molecule has 3 rings (SSSR count).